The van der Waals surface area contributed by atoms with Crippen molar-refractivity contribution in [3.8, 4) is 28.6 Å². The summed E-state index contributed by atoms with van der Waals surface area (Å²) >= 11 is 0. The summed E-state index contributed by atoms with van der Waals surface area (Å²) in [5.41, 5.74) is 0.905. The number of nitrogens with zero attached hydrogens (tertiary/aromatic N) is 2. The normalized spacial score (nSPS) is 16.3. The van der Waals surface area contributed by atoms with E-state index in [0.717, 1.165) is 25.0 Å². The van der Waals surface area contributed by atoms with Gasteiger partial charge >= 0.3 is 0 Å². The number of benzene rings is 1. The molecule has 0 unspecified atom stereocenters. The van der Waals surface area contributed by atoms with E-state index in [1.54, 1.807) is 33.5 Å². The Bertz CT molecular complexity index is 871. The van der Waals surface area contributed by atoms with Crippen LogP contribution in [0.2, 0.25) is 0 Å². The molecule has 1 amide bonds. The summed E-state index contributed by atoms with van der Waals surface area (Å²) in [4.78, 5) is 14.8. The maximum atomic E-state index is 13.0. The van der Waals surface area contributed by atoms with Crippen molar-refractivity contribution in [2.45, 2.75) is 46.3 Å². The Labute approximate surface area is 183 Å². The third-order valence-electron chi connectivity index (χ3n) is 5.24. The van der Waals surface area contributed by atoms with Crippen molar-refractivity contribution in [3.05, 3.63) is 23.9 Å². The van der Waals surface area contributed by atoms with Crippen molar-refractivity contribution in [2.24, 2.45) is 5.41 Å². The molecule has 170 valence electrons. The highest BCUT2D eigenvalue weighted by atomic mass is 16.5. The molecule has 1 aromatic heterocycles. The number of methoxy groups -OCH3 is 3. The molecular weight excluding hydrogens is 400 g/mol. The van der Waals surface area contributed by atoms with Crippen molar-refractivity contribution in [1.82, 2.24) is 10.1 Å². The summed E-state index contributed by atoms with van der Waals surface area (Å²) in [6.07, 6.45) is 2.05. The fourth-order valence-corrected chi connectivity index (χ4v) is 3.67. The Morgan fingerprint density at radius 2 is 1.81 bits per heavy atom. The van der Waals surface area contributed by atoms with Gasteiger partial charge in [0, 0.05) is 30.2 Å². The molecule has 2 aromatic rings. The molecule has 31 heavy (non-hydrogen) atoms. The molecule has 8 nitrogen and oxygen atoms in total. The second kappa shape index (κ2) is 9.60. The Kier molecular flexibility index (Phi) is 7.10. The molecule has 3 rings (SSSR count). The van der Waals surface area contributed by atoms with Gasteiger partial charge in [0.2, 0.25) is 11.7 Å². The number of ether oxygens (including phenoxy) is 4. The molecule has 8 heteroatoms. The van der Waals surface area contributed by atoms with Crippen LogP contribution in [0.1, 0.15) is 39.3 Å². The summed E-state index contributed by atoms with van der Waals surface area (Å²) in [5, 5.41) is 4.20. The van der Waals surface area contributed by atoms with E-state index in [1.165, 1.54) is 0 Å². The topological polar surface area (TPSA) is 83.3 Å². The molecule has 0 N–H and O–H groups in total. The van der Waals surface area contributed by atoms with E-state index in [1.807, 2.05) is 31.7 Å². The van der Waals surface area contributed by atoms with Crippen molar-refractivity contribution < 1.29 is 28.3 Å². The zero-order valence-electron chi connectivity index (χ0n) is 19.2. The highest BCUT2D eigenvalue weighted by Gasteiger charge is 2.31. The summed E-state index contributed by atoms with van der Waals surface area (Å²) in [6.45, 7) is 7.40. The average Bonchev–Trinajstić information content (AvgIpc) is 3.43. The first-order valence-corrected chi connectivity index (χ1v) is 10.4. The Morgan fingerprint density at radius 1 is 1.13 bits per heavy atom. The molecule has 1 aliphatic heterocycles. The van der Waals surface area contributed by atoms with E-state index in [4.69, 9.17) is 23.5 Å². The third kappa shape index (κ3) is 5.31. The smallest absolute Gasteiger partial charge is 0.228 e. The van der Waals surface area contributed by atoms with Gasteiger partial charge in [0.1, 0.15) is 5.69 Å². The number of amides is 1. The van der Waals surface area contributed by atoms with E-state index in [2.05, 4.69) is 5.16 Å². The number of hydrogen-bond donors (Lipinski definition) is 0. The van der Waals surface area contributed by atoms with Gasteiger partial charge < -0.3 is 28.4 Å². The molecule has 1 atom stereocenters. The standard InChI is InChI=1S/C23H32N2O6/c1-23(2,3)22(26)25(14-17-8-7-9-30-17)13-16-12-18(31-24-16)15-10-19(27-4)21(29-6)20(11-15)28-5/h10-12,17H,7-9,13-14H2,1-6H3/t17-/m1/s1. The van der Waals surface area contributed by atoms with Crippen LogP contribution in [0.25, 0.3) is 11.3 Å². The number of carbonyl (C=O) groups is 1. The van der Waals surface area contributed by atoms with Crippen LogP contribution in [0.4, 0.5) is 0 Å². The van der Waals surface area contributed by atoms with Gasteiger partial charge in [-0.05, 0) is 25.0 Å². The highest BCUT2D eigenvalue weighted by molar-refractivity contribution is 5.81. The maximum absolute atomic E-state index is 13.0. The van der Waals surface area contributed by atoms with Gasteiger partial charge in [-0.25, -0.2) is 0 Å². The van der Waals surface area contributed by atoms with Crippen molar-refractivity contribution in [1.29, 1.82) is 0 Å². The van der Waals surface area contributed by atoms with Crippen LogP contribution in [0.3, 0.4) is 0 Å². The van der Waals surface area contributed by atoms with E-state index < -0.39 is 5.41 Å². The fraction of sp³-hybridized carbons (Fsp3) is 0.565. The first-order chi connectivity index (χ1) is 14.8. The van der Waals surface area contributed by atoms with E-state index in [0.29, 0.717) is 41.8 Å². The van der Waals surface area contributed by atoms with Gasteiger partial charge in [0.15, 0.2) is 17.3 Å². The van der Waals surface area contributed by atoms with E-state index in [9.17, 15) is 4.79 Å². The molecule has 0 radical (unpaired) electrons. The molecular formula is C23H32N2O6. The predicted octanol–water partition coefficient (Wildman–Crippen LogP) is 3.92. The van der Waals surface area contributed by atoms with Crippen LogP contribution in [-0.2, 0) is 16.1 Å². The molecule has 0 saturated carbocycles. The second-order valence-corrected chi connectivity index (χ2v) is 8.67. The molecule has 0 spiro atoms. The molecule has 2 heterocycles. The SMILES string of the molecule is COc1cc(-c2cc(CN(C[C@H]3CCCO3)C(=O)C(C)(C)C)no2)cc(OC)c1OC. The lowest BCUT2D eigenvalue weighted by Crippen LogP contribution is -2.43. The molecule has 1 aliphatic rings. The minimum Gasteiger partial charge on any atom is -0.493 e. The molecule has 1 aromatic carbocycles. The summed E-state index contributed by atoms with van der Waals surface area (Å²) in [6, 6.07) is 5.44. The fourth-order valence-electron chi connectivity index (χ4n) is 3.67. The van der Waals surface area contributed by atoms with Crippen LogP contribution < -0.4 is 14.2 Å². The van der Waals surface area contributed by atoms with E-state index >= 15 is 0 Å². The summed E-state index contributed by atoms with van der Waals surface area (Å²) in [5.74, 6) is 2.16. The van der Waals surface area contributed by atoms with Gasteiger partial charge in [0.25, 0.3) is 0 Å². The molecule has 1 fully saturated rings. The quantitative estimate of drug-likeness (QED) is 0.625. The van der Waals surface area contributed by atoms with Gasteiger partial charge in [-0.15, -0.1) is 0 Å². The lowest BCUT2D eigenvalue weighted by Gasteiger charge is -2.30. The van der Waals surface area contributed by atoms with Crippen LogP contribution in [0.15, 0.2) is 22.7 Å². The van der Waals surface area contributed by atoms with Crippen LogP contribution in [0.5, 0.6) is 17.2 Å². The van der Waals surface area contributed by atoms with Gasteiger partial charge in [-0.3, -0.25) is 4.79 Å². The summed E-state index contributed by atoms with van der Waals surface area (Å²) < 4.78 is 27.6. The first-order valence-electron chi connectivity index (χ1n) is 10.4. The van der Waals surface area contributed by atoms with Crippen molar-refractivity contribution in [3.63, 3.8) is 0 Å². The number of carbonyl (C=O) groups excluding carboxylic acids is 1. The minimum absolute atomic E-state index is 0.0559. The Balaban J connectivity index is 1.85. The van der Waals surface area contributed by atoms with Crippen LogP contribution >= 0.6 is 0 Å². The van der Waals surface area contributed by atoms with Gasteiger partial charge in [-0.2, -0.15) is 0 Å². The van der Waals surface area contributed by atoms with E-state index in [-0.39, 0.29) is 12.0 Å². The van der Waals surface area contributed by atoms with Gasteiger partial charge in [-0.1, -0.05) is 25.9 Å². The predicted molar refractivity (Wildman–Crippen MR) is 115 cm³/mol. The second-order valence-electron chi connectivity index (χ2n) is 8.67. The summed E-state index contributed by atoms with van der Waals surface area (Å²) in [7, 11) is 4.68. The number of rotatable bonds is 8. The lowest BCUT2D eigenvalue weighted by molar-refractivity contribution is -0.141. The largest absolute Gasteiger partial charge is 0.493 e. The maximum Gasteiger partial charge on any atom is 0.228 e. The molecule has 0 bridgehead atoms. The van der Waals surface area contributed by atoms with Gasteiger partial charge in [0.05, 0.1) is 34.0 Å². The van der Waals surface area contributed by atoms with Crippen molar-refractivity contribution in [2.75, 3.05) is 34.5 Å². The number of hydrogen-bond acceptors (Lipinski definition) is 7. The number of aromatic nitrogens is 1. The average molecular weight is 433 g/mol. The molecule has 0 aliphatic carbocycles. The lowest BCUT2D eigenvalue weighted by atomic mass is 9.94. The monoisotopic (exact) mass is 432 g/mol. The third-order valence-corrected chi connectivity index (χ3v) is 5.24. The highest BCUT2D eigenvalue weighted by Crippen LogP contribution is 2.41. The molecule has 1 saturated heterocycles. The Morgan fingerprint density at radius 3 is 2.32 bits per heavy atom. The zero-order chi connectivity index (χ0) is 22.6. The zero-order valence-corrected chi connectivity index (χ0v) is 19.2. The van der Waals surface area contributed by atoms with Crippen LogP contribution in [0, 0.1) is 5.41 Å². The van der Waals surface area contributed by atoms with Crippen molar-refractivity contribution >= 4 is 5.91 Å². The van der Waals surface area contributed by atoms with Crippen LogP contribution in [-0.4, -0.2) is 56.5 Å². The Hall–Kier alpha value is -2.74. The first kappa shape index (κ1) is 22.9. The minimum atomic E-state index is -0.498.